The summed E-state index contributed by atoms with van der Waals surface area (Å²) in [6.07, 6.45) is 1.99. The van der Waals surface area contributed by atoms with Crippen molar-refractivity contribution < 1.29 is 14.5 Å². The Morgan fingerprint density at radius 1 is 1.16 bits per heavy atom. The Bertz CT molecular complexity index is 1160. The van der Waals surface area contributed by atoms with E-state index >= 15 is 0 Å². The molecule has 9 heteroatoms. The van der Waals surface area contributed by atoms with Gasteiger partial charge in [-0.2, -0.15) is 0 Å². The van der Waals surface area contributed by atoms with Crippen molar-refractivity contribution in [3.8, 4) is 0 Å². The number of fused-ring (bicyclic) bond motifs is 1. The second kappa shape index (κ2) is 8.73. The second-order valence-corrected chi connectivity index (χ2v) is 8.69. The largest absolute Gasteiger partial charge is 0.349 e. The molecule has 1 aliphatic carbocycles. The minimum absolute atomic E-state index is 0.0437. The number of nitrogens with zero attached hydrogens (tertiary/aromatic N) is 2. The van der Waals surface area contributed by atoms with Gasteiger partial charge in [-0.25, -0.2) is 4.98 Å². The lowest BCUT2D eigenvalue weighted by molar-refractivity contribution is -0.384. The van der Waals surface area contributed by atoms with Crippen LogP contribution in [0.15, 0.2) is 59.6 Å². The van der Waals surface area contributed by atoms with E-state index in [0.29, 0.717) is 21.8 Å². The van der Waals surface area contributed by atoms with Crippen LogP contribution in [-0.4, -0.2) is 33.0 Å². The van der Waals surface area contributed by atoms with E-state index in [9.17, 15) is 19.7 Å². The molecule has 1 aromatic heterocycles. The van der Waals surface area contributed by atoms with Crippen molar-refractivity contribution in [2.45, 2.75) is 36.1 Å². The number of rotatable bonds is 7. The number of anilines is 1. The summed E-state index contributed by atoms with van der Waals surface area (Å²) in [4.78, 5) is 40.2. The normalized spacial score (nSPS) is 14.1. The van der Waals surface area contributed by atoms with E-state index in [0.717, 1.165) is 18.2 Å². The summed E-state index contributed by atoms with van der Waals surface area (Å²) in [5.41, 5.74) is 1.66. The average Bonchev–Trinajstić information content (AvgIpc) is 3.57. The summed E-state index contributed by atoms with van der Waals surface area (Å²) >= 11 is 1.25. The van der Waals surface area contributed by atoms with Gasteiger partial charge in [-0.3, -0.25) is 19.7 Å². The molecule has 1 aliphatic rings. The highest BCUT2D eigenvalue weighted by Gasteiger charge is 2.25. The summed E-state index contributed by atoms with van der Waals surface area (Å²) < 4.78 is 0. The summed E-state index contributed by atoms with van der Waals surface area (Å²) in [6.45, 7) is 1.74. The first kappa shape index (κ1) is 20.8. The van der Waals surface area contributed by atoms with Crippen molar-refractivity contribution in [3.63, 3.8) is 0 Å². The number of nitro benzene ring substituents is 1. The summed E-state index contributed by atoms with van der Waals surface area (Å²) in [6, 6.07) is 15.0. The van der Waals surface area contributed by atoms with Crippen LogP contribution in [-0.2, 0) is 4.79 Å². The Balaban J connectivity index is 1.50. The SMILES string of the molecule is CC(Sc1cc(C(=O)NC2CC2)c2ccccc2n1)C(=O)Nc1ccc([N+](=O)[O-])cc1. The molecule has 1 saturated carbocycles. The number of hydrogen-bond donors (Lipinski definition) is 2. The van der Waals surface area contributed by atoms with Crippen LogP contribution >= 0.6 is 11.8 Å². The van der Waals surface area contributed by atoms with Crippen molar-refractivity contribution in [2.75, 3.05) is 5.32 Å². The number of nitro groups is 1. The first-order chi connectivity index (χ1) is 14.9. The molecule has 1 fully saturated rings. The Kier molecular flexibility index (Phi) is 5.85. The van der Waals surface area contributed by atoms with Gasteiger partial charge in [0.05, 0.1) is 26.3 Å². The third-order valence-electron chi connectivity index (χ3n) is 4.86. The van der Waals surface area contributed by atoms with Gasteiger partial charge in [-0.15, -0.1) is 0 Å². The van der Waals surface area contributed by atoms with Gasteiger partial charge in [0, 0.05) is 29.2 Å². The summed E-state index contributed by atoms with van der Waals surface area (Å²) in [5.74, 6) is -0.399. The molecule has 0 radical (unpaired) electrons. The highest BCUT2D eigenvalue weighted by molar-refractivity contribution is 8.00. The minimum atomic E-state index is -0.497. The molecular weight excluding hydrogens is 416 g/mol. The topological polar surface area (TPSA) is 114 Å². The third-order valence-corrected chi connectivity index (χ3v) is 5.88. The number of non-ortho nitro benzene ring substituents is 1. The van der Waals surface area contributed by atoms with Crippen molar-refractivity contribution in [2.24, 2.45) is 0 Å². The third kappa shape index (κ3) is 5.00. The van der Waals surface area contributed by atoms with E-state index in [1.807, 2.05) is 24.3 Å². The van der Waals surface area contributed by atoms with Gasteiger partial charge in [0.15, 0.2) is 0 Å². The molecule has 4 rings (SSSR count). The Morgan fingerprint density at radius 3 is 2.55 bits per heavy atom. The number of aromatic nitrogens is 1. The monoisotopic (exact) mass is 436 g/mol. The van der Waals surface area contributed by atoms with Gasteiger partial charge in [-0.05, 0) is 44.0 Å². The lowest BCUT2D eigenvalue weighted by atomic mass is 10.1. The Hall–Kier alpha value is -3.46. The van der Waals surface area contributed by atoms with Crippen LogP contribution < -0.4 is 10.6 Å². The lowest BCUT2D eigenvalue weighted by Crippen LogP contribution is -2.26. The zero-order valence-electron chi connectivity index (χ0n) is 16.7. The number of amides is 2. The maximum absolute atomic E-state index is 12.7. The number of thioether (sulfide) groups is 1. The van der Waals surface area contributed by atoms with Crippen LogP contribution in [0.25, 0.3) is 10.9 Å². The molecule has 2 amide bonds. The quantitative estimate of drug-likeness (QED) is 0.327. The van der Waals surface area contributed by atoms with Crippen LogP contribution in [0.5, 0.6) is 0 Å². The lowest BCUT2D eigenvalue weighted by Gasteiger charge is -2.14. The number of para-hydroxylation sites is 1. The first-order valence-corrected chi connectivity index (χ1v) is 10.7. The van der Waals surface area contributed by atoms with Crippen LogP contribution in [0, 0.1) is 10.1 Å². The maximum Gasteiger partial charge on any atom is 0.269 e. The number of hydrogen-bond acceptors (Lipinski definition) is 6. The molecule has 2 N–H and O–H groups in total. The zero-order valence-corrected chi connectivity index (χ0v) is 17.5. The molecule has 0 saturated heterocycles. The predicted octanol–water partition coefficient (Wildman–Crippen LogP) is 4.15. The molecule has 3 aromatic rings. The van der Waals surface area contributed by atoms with E-state index in [2.05, 4.69) is 15.6 Å². The highest BCUT2D eigenvalue weighted by Crippen LogP contribution is 2.29. The van der Waals surface area contributed by atoms with Crippen molar-refractivity contribution in [3.05, 3.63) is 70.3 Å². The number of nitrogens with one attached hydrogen (secondary N) is 2. The molecule has 158 valence electrons. The zero-order chi connectivity index (χ0) is 22.0. The average molecular weight is 436 g/mol. The number of benzene rings is 2. The van der Waals surface area contributed by atoms with Crippen LogP contribution in [0.3, 0.4) is 0 Å². The van der Waals surface area contributed by atoms with Crippen molar-refractivity contribution in [1.82, 2.24) is 10.3 Å². The minimum Gasteiger partial charge on any atom is -0.349 e. The van der Waals surface area contributed by atoms with E-state index in [-0.39, 0.29) is 23.5 Å². The fourth-order valence-electron chi connectivity index (χ4n) is 3.04. The van der Waals surface area contributed by atoms with Crippen LogP contribution in [0.2, 0.25) is 0 Å². The van der Waals surface area contributed by atoms with E-state index in [1.54, 1.807) is 13.0 Å². The van der Waals surface area contributed by atoms with E-state index in [1.165, 1.54) is 36.0 Å². The molecule has 0 aliphatic heterocycles. The Labute approximate surface area is 182 Å². The molecule has 0 bridgehead atoms. The second-order valence-electron chi connectivity index (χ2n) is 7.33. The Morgan fingerprint density at radius 2 is 1.87 bits per heavy atom. The predicted molar refractivity (Wildman–Crippen MR) is 119 cm³/mol. The van der Waals surface area contributed by atoms with Gasteiger partial charge in [-0.1, -0.05) is 30.0 Å². The fourth-order valence-corrected chi connectivity index (χ4v) is 3.90. The molecule has 2 aromatic carbocycles. The van der Waals surface area contributed by atoms with Crippen molar-refractivity contribution >= 4 is 45.9 Å². The van der Waals surface area contributed by atoms with Gasteiger partial charge in [0.1, 0.15) is 0 Å². The molecule has 1 unspecified atom stereocenters. The highest BCUT2D eigenvalue weighted by atomic mass is 32.2. The van der Waals surface area contributed by atoms with E-state index < -0.39 is 10.2 Å². The van der Waals surface area contributed by atoms with E-state index in [4.69, 9.17) is 0 Å². The maximum atomic E-state index is 12.7. The van der Waals surface area contributed by atoms with Gasteiger partial charge < -0.3 is 10.6 Å². The fraction of sp³-hybridized carbons (Fsp3) is 0.227. The van der Waals surface area contributed by atoms with Crippen molar-refractivity contribution in [1.29, 1.82) is 0 Å². The number of carbonyl (C=O) groups excluding carboxylic acids is 2. The molecule has 0 spiro atoms. The standard InChI is InChI=1S/C22H20N4O4S/c1-13(21(27)23-15-8-10-16(11-9-15)26(29)30)31-20-12-18(22(28)24-14-6-7-14)17-4-2-3-5-19(17)25-20/h2-5,8-14H,6-7H2,1H3,(H,23,27)(H,24,28). The molecule has 31 heavy (non-hydrogen) atoms. The molecular formula is C22H20N4O4S. The molecule has 1 atom stereocenters. The van der Waals surface area contributed by atoms with Gasteiger partial charge in [0.2, 0.25) is 5.91 Å². The number of carbonyl (C=O) groups is 2. The van der Waals surface area contributed by atoms with Crippen LogP contribution in [0.4, 0.5) is 11.4 Å². The molecule has 1 heterocycles. The summed E-state index contributed by atoms with van der Waals surface area (Å²) in [7, 11) is 0. The smallest absolute Gasteiger partial charge is 0.269 e. The summed E-state index contributed by atoms with van der Waals surface area (Å²) in [5, 5.41) is 17.4. The molecule has 8 nitrogen and oxygen atoms in total. The van der Waals surface area contributed by atoms with Gasteiger partial charge >= 0.3 is 0 Å². The first-order valence-electron chi connectivity index (χ1n) is 9.83. The van der Waals surface area contributed by atoms with Gasteiger partial charge in [0.25, 0.3) is 11.6 Å². The van der Waals surface area contributed by atoms with Crippen LogP contribution in [0.1, 0.15) is 30.1 Å². The number of pyridine rings is 1.